The molecule has 0 spiro atoms. The number of alkyl halides is 1. The lowest BCUT2D eigenvalue weighted by Crippen LogP contribution is -1.94. The van der Waals surface area contributed by atoms with Crippen molar-refractivity contribution in [2.24, 2.45) is 0 Å². The third kappa shape index (κ3) is 2.14. The summed E-state index contributed by atoms with van der Waals surface area (Å²) in [4.78, 5) is 13.2. The van der Waals surface area contributed by atoms with Gasteiger partial charge in [-0.05, 0) is 18.6 Å². The third-order valence-corrected chi connectivity index (χ3v) is 3.19. The van der Waals surface area contributed by atoms with Gasteiger partial charge in [-0.3, -0.25) is 4.79 Å². The number of carbonyl (C=O) groups is 1. The molecule has 60 valence electrons. The number of rotatable bonds is 3. The first-order chi connectivity index (χ1) is 5.27. The van der Waals surface area contributed by atoms with Crippen LogP contribution >= 0.6 is 27.3 Å². The summed E-state index contributed by atoms with van der Waals surface area (Å²) in [7, 11) is 0. The van der Waals surface area contributed by atoms with Crippen molar-refractivity contribution in [3.05, 3.63) is 21.9 Å². The van der Waals surface area contributed by atoms with E-state index in [-0.39, 0.29) is 5.78 Å². The SMILES string of the molecule is CCc1ccc(C(=O)CBr)s1. The molecule has 0 bridgehead atoms. The average Bonchev–Trinajstić information content (AvgIpc) is 2.50. The molecule has 1 rings (SSSR count). The predicted molar refractivity (Wildman–Crippen MR) is 51.8 cm³/mol. The highest BCUT2D eigenvalue weighted by atomic mass is 79.9. The van der Waals surface area contributed by atoms with E-state index in [2.05, 4.69) is 22.9 Å². The number of carbonyl (C=O) groups excluding carboxylic acids is 1. The van der Waals surface area contributed by atoms with E-state index in [1.807, 2.05) is 12.1 Å². The molecule has 1 aromatic heterocycles. The molecule has 0 amide bonds. The smallest absolute Gasteiger partial charge is 0.183 e. The van der Waals surface area contributed by atoms with Crippen LogP contribution in [0.5, 0.6) is 0 Å². The average molecular weight is 233 g/mol. The minimum Gasteiger partial charge on any atom is -0.292 e. The van der Waals surface area contributed by atoms with Crippen LogP contribution in [0.4, 0.5) is 0 Å². The Morgan fingerprint density at radius 3 is 2.82 bits per heavy atom. The summed E-state index contributed by atoms with van der Waals surface area (Å²) in [5.41, 5.74) is 0. The molecule has 0 aliphatic carbocycles. The largest absolute Gasteiger partial charge is 0.292 e. The second-order valence-electron chi connectivity index (χ2n) is 2.18. The first-order valence-corrected chi connectivity index (χ1v) is 5.39. The van der Waals surface area contributed by atoms with E-state index < -0.39 is 0 Å². The number of ketones is 1. The van der Waals surface area contributed by atoms with Gasteiger partial charge >= 0.3 is 0 Å². The molecule has 0 radical (unpaired) electrons. The molecule has 0 aliphatic heterocycles. The molecule has 0 saturated heterocycles. The Morgan fingerprint density at radius 2 is 2.36 bits per heavy atom. The molecule has 0 saturated carbocycles. The Hall–Kier alpha value is -0.150. The molecular formula is C8H9BrOS. The number of Topliss-reactive ketones (excluding diaryl/α,β-unsaturated/α-hetero) is 1. The summed E-state index contributed by atoms with van der Waals surface area (Å²) in [6.45, 7) is 2.09. The van der Waals surface area contributed by atoms with Crippen LogP contribution in [0.3, 0.4) is 0 Å². The third-order valence-electron chi connectivity index (χ3n) is 1.41. The molecule has 0 aliphatic rings. The molecule has 0 atom stereocenters. The lowest BCUT2D eigenvalue weighted by Gasteiger charge is -1.87. The normalized spacial score (nSPS) is 10.0. The van der Waals surface area contributed by atoms with Crippen molar-refractivity contribution < 1.29 is 4.79 Å². The lowest BCUT2D eigenvalue weighted by atomic mass is 10.3. The maximum absolute atomic E-state index is 11.1. The predicted octanol–water partition coefficient (Wildman–Crippen LogP) is 2.89. The van der Waals surface area contributed by atoms with E-state index in [4.69, 9.17) is 0 Å². The second-order valence-corrected chi connectivity index (χ2v) is 3.91. The summed E-state index contributed by atoms with van der Waals surface area (Å²) in [5, 5.41) is 0.427. The Kier molecular flexibility index (Phi) is 3.27. The molecule has 0 fully saturated rings. The highest BCUT2D eigenvalue weighted by Crippen LogP contribution is 2.17. The Morgan fingerprint density at radius 1 is 1.64 bits per heavy atom. The van der Waals surface area contributed by atoms with Crippen molar-refractivity contribution in [2.75, 3.05) is 5.33 Å². The van der Waals surface area contributed by atoms with Crippen molar-refractivity contribution >= 4 is 33.0 Å². The van der Waals surface area contributed by atoms with Crippen LogP contribution in [0.1, 0.15) is 21.5 Å². The summed E-state index contributed by atoms with van der Waals surface area (Å²) >= 11 is 4.73. The first kappa shape index (κ1) is 8.94. The van der Waals surface area contributed by atoms with Gasteiger partial charge in [0, 0.05) is 4.88 Å². The molecule has 3 heteroatoms. The Balaban J connectivity index is 2.80. The standard InChI is InChI=1S/C8H9BrOS/c1-2-6-3-4-8(11-6)7(10)5-9/h3-4H,2,5H2,1H3. The fraction of sp³-hybridized carbons (Fsp3) is 0.375. The lowest BCUT2D eigenvalue weighted by molar-refractivity contribution is 0.102. The van der Waals surface area contributed by atoms with Crippen LogP contribution < -0.4 is 0 Å². The highest BCUT2D eigenvalue weighted by molar-refractivity contribution is 9.09. The number of hydrogen-bond donors (Lipinski definition) is 0. The van der Waals surface area contributed by atoms with Crippen LogP contribution in [0, 0.1) is 0 Å². The van der Waals surface area contributed by atoms with Gasteiger partial charge in [0.15, 0.2) is 5.78 Å². The van der Waals surface area contributed by atoms with Crippen molar-refractivity contribution in [1.29, 1.82) is 0 Å². The van der Waals surface area contributed by atoms with Crippen LogP contribution in [0.15, 0.2) is 12.1 Å². The highest BCUT2D eigenvalue weighted by Gasteiger charge is 2.05. The summed E-state index contributed by atoms with van der Waals surface area (Å²) in [6, 6.07) is 3.91. The van der Waals surface area contributed by atoms with Crippen LogP contribution in [-0.4, -0.2) is 11.1 Å². The monoisotopic (exact) mass is 232 g/mol. The van der Waals surface area contributed by atoms with Gasteiger partial charge in [0.2, 0.25) is 0 Å². The Bertz CT molecular complexity index is 254. The fourth-order valence-corrected chi connectivity index (χ4v) is 2.16. The van der Waals surface area contributed by atoms with E-state index in [0.717, 1.165) is 11.3 Å². The maximum Gasteiger partial charge on any atom is 0.183 e. The van der Waals surface area contributed by atoms with Gasteiger partial charge in [-0.1, -0.05) is 22.9 Å². The second kappa shape index (κ2) is 4.02. The van der Waals surface area contributed by atoms with Crippen molar-refractivity contribution in [3.8, 4) is 0 Å². The van der Waals surface area contributed by atoms with Gasteiger partial charge in [-0.15, -0.1) is 11.3 Å². The number of thiophene rings is 1. The molecule has 1 nitrogen and oxygen atoms in total. The number of aryl methyl sites for hydroxylation is 1. The number of halogens is 1. The van der Waals surface area contributed by atoms with Gasteiger partial charge in [-0.2, -0.15) is 0 Å². The maximum atomic E-state index is 11.1. The zero-order valence-electron chi connectivity index (χ0n) is 6.26. The number of hydrogen-bond acceptors (Lipinski definition) is 2. The minimum absolute atomic E-state index is 0.176. The van der Waals surface area contributed by atoms with Crippen LogP contribution in [0.25, 0.3) is 0 Å². The van der Waals surface area contributed by atoms with E-state index in [1.165, 1.54) is 4.88 Å². The molecule has 0 N–H and O–H groups in total. The van der Waals surface area contributed by atoms with Crippen molar-refractivity contribution in [3.63, 3.8) is 0 Å². The van der Waals surface area contributed by atoms with Crippen LogP contribution in [0.2, 0.25) is 0 Å². The first-order valence-electron chi connectivity index (χ1n) is 3.45. The van der Waals surface area contributed by atoms with Gasteiger partial charge < -0.3 is 0 Å². The van der Waals surface area contributed by atoms with Gasteiger partial charge in [0.1, 0.15) is 0 Å². The summed E-state index contributed by atoms with van der Waals surface area (Å²) in [5.74, 6) is 0.176. The van der Waals surface area contributed by atoms with Crippen molar-refractivity contribution in [2.45, 2.75) is 13.3 Å². The minimum atomic E-state index is 0.176. The summed E-state index contributed by atoms with van der Waals surface area (Å²) < 4.78 is 0. The van der Waals surface area contributed by atoms with Gasteiger partial charge in [0.25, 0.3) is 0 Å². The molecule has 0 aromatic carbocycles. The van der Waals surface area contributed by atoms with Gasteiger partial charge in [-0.25, -0.2) is 0 Å². The molecular weight excluding hydrogens is 224 g/mol. The molecule has 1 aromatic rings. The van der Waals surface area contributed by atoms with Crippen molar-refractivity contribution in [1.82, 2.24) is 0 Å². The molecule has 1 heterocycles. The van der Waals surface area contributed by atoms with E-state index in [0.29, 0.717) is 5.33 Å². The molecule has 11 heavy (non-hydrogen) atoms. The zero-order valence-corrected chi connectivity index (χ0v) is 8.67. The molecule has 0 unspecified atom stereocenters. The van der Waals surface area contributed by atoms with E-state index >= 15 is 0 Å². The Labute approximate surface area is 78.6 Å². The van der Waals surface area contributed by atoms with Crippen LogP contribution in [-0.2, 0) is 6.42 Å². The van der Waals surface area contributed by atoms with E-state index in [1.54, 1.807) is 11.3 Å². The zero-order chi connectivity index (χ0) is 8.27. The topological polar surface area (TPSA) is 17.1 Å². The quantitative estimate of drug-likeness (QED) is 0.579. The van der Waals surface area contributed by atoms with E-state index in [9.17, 15) is 4.79 Å². The van der Waals surface area contributed by atoms with Gasteiger partial charge in [0.05, 0.1) is 10.2 Å². The summed E-state index contributed by atoms with van der Waals surface area (Å²) in [6.07, 6.45) is 1.01. The fourth-order valence-electron chi connectivity index (χ4n) is 0.784.